The molecule has 1 aromatic heterocycles. The van der Waals surface area contributed by atoms with Gasteiger partial charge in [-0.15, -0.1) is 11.8 Å². The van der Waals surface area contributed by atoms with Crippen molar-refractivity contribution >= 4 is 29.3 Å². The summed E-state index contributed by atoms with van der Waals surface area (Å²) < 4.78 is 0. The molecule has 1 heterocycles. The van der Waals surface area contributed by atoms with Crippen molar-refractivity contribution < 1.29 is 0 Å². The lowest BCUT2D eigenvalue weighted by molar-refractivity contribution is 0.548. The monoisotopic (exact) mass is 394 g/mol. The Morgan fingerprint density at radius 3 is 1.92 bits per heavy atom. The maximum Gasteiger partial charge on any atom is 0.190 e. The topological polar surface area (TPSA) is 75.6 Å². The normalized spacial score (nSPS) is 10.8. The Bertz CT molecular complexity index is 543. The molecule has 0 fully saturated rings. The predicted octanol–water partition coefficient (Wildman–Crippen LogP) is 6.45. The molecule has 4 nitrogen and oxygen atoms in total. The first-order valence-electron chi connectivity index (χ1n) is 9.97. The summed E-state index contributed by atoms with van der Waals surface area (Å²) in [6.45, 7) is 2.27. The van der Waals surface area contributed by atoms with Crippen LogP contribution >= 0.6 is 23.5 Å². The third kappa shape index (κ3) is 9.68. The molecule has 0 atom stereocenters. The summed E-state index contributed by atoms with van der Waals surface area (Å²) in [5.41, 5.74) is 6.25. The van der Waals surface area contributed by atoms with Gasteiger partial charge in [-0.2, -0.15) is 5.26 Å². The van der Waals surface area contributed by atoms with E-state index in [1.807, 2.05) is 6.26 Å². The third-order valence-corrected chi connectivity index (χ3v) is 6.03. The van der Waals surface area contributed by atoms with Gasteiger partial charge in [0.2, 0.25) is 0 Å². The number of anilines is 1. The molecule has 0 aliphatic carbocycles. The van der Waals surface area contributed by atoms with Crippen LogP contribution < -0.4 is 5.73 Å². The number of thioether (sulfide) groups is 2. The number of nitrogens with two attached hydrogens (primary N) is 1. The highest BCUT2D eigenvalue weighted by molar-refractivity contribution is 7.99. The van der Waals surface area contributed by atoms with Crippen molar-refractivity contribution in [2.45, 2.75) is 94.2 Å². The van der Waals surface area contributed by atoms with Crippen LogP contribution in [-0.4, -0.2) is 22.0 Å². The van der Waals surface area contributed by atoms with Gasteiger partial charge < -0.3 is 5.73 Å². The smallest absolute Gasteiger partial charge is 0.190 e. The van der Waals surface area contributed by atoms with Gasteiger partial charge in [-0.05, 0) is 12.7 Å². The van der Waals surface area contributed by atoms with Gasteiger partial charge in [0.1, 0.15) is 22.5 Å². The molecule has 0 aromatic carbocycles. The van der Waals surface area contributed by atoms with E-state index in [0.29, 0.717) is 21.6 Å². The Labute approximate surface area is 168 Å². The molecule has 0 spiro atoms. The number of hydrogen-bond acceptors (Lipinski definition) is 6. The zero-order valence-corrected chi connectivity index (χ0v) is 18.1. The number of nitrogens with zero attached hydrogens (tertiary/aromatic N) is 3. The molecule has 0 amide bonds. The third-order valence-electron chi connectivity index (χ3n) is 4.42. The molecule has 0 aliphatic heterocycles. The number of hydrogen-bond donors (Lipinski definition) is 1. The number of unbranched alkanes of at least 4 members (excludes halogenated alkanes) is 11. The van der Waals surface area contributed by atoms with Gasteiger partial charge in [0.15, 0.2) is 5.16 Å². The summed E-state index contributed by atoms with van der Waals surface area (Å²) in [4.78, 5) is 8.67. The lowest BCUT2D eigenvalue weighted by atomic mass is 10.1. The molecular weight excluding hydrogens is 360 g/mol. The molecule has 0 unspecified atom stereocenters. The van der Waals surface area contributed by atoms with Gasteiger partial charge in [0.25, 0.3) is 0 Å². The molecular formula is C20H34N4S2. The first-order chi connectivity index (χ1) is 12.7. The average Bonchev–Trinajstić information content (AvgIpc) is 2.65. The fourth-order valence-corrected chi connectivity index (χ4v) is 4.30. The highest BCUT2D eigenvalue weighted by atomic mass is 32.2. The molecule has 2 N–H and O–H groups in total. The maximum atomic E-state index is 9.09. The molecule has 0 bridgehead atoms. The zero-order valence-electron chi connectivity index (χ0n) is 16.4. The van der Waals surface area contributed by atoms with Crippen molar-refractivity contribution in [1.29, 1.82) is 5.26 Å². The average molecular weight is 395 g/mol. The Morgan fingerprint density at radius 2 is 1.42 bits per heavy atom. The molecule has 0 saturated heterocycles. The standard InChI is InChI=1S/C20H34N4S2/c1-3-4-5-6-7-8-9-10-11-12-13-14-15-26-20-23-18(22)17(16-21)19(24-20)25-2/h3-15H2,1-2H3,(H2,22,23,24). The summed E-state index contributed by atoms with van der Waals surface area (Å²) in [7, 11) is 0. The zero-order chi connectivity index (χ0) is 19.0. The van der Waals surface area contributed by atoms with Gasteiger partial charge in [-0.1, -0.05) is 89.3 Å². The molecule has 0 radical (unpaired) electrons. The SMILES string of the molecule is CCCCCCCCCCCCCCSc1nc(N)c(C#N)c(SC)n1. The molecule has 0 aliphatic rings. The minimum atomic E-state index is 0.295. The van der Waals surface area contributed by atoms with E-state index in [1.165, 1.54) is 88.8 Å². The van der Waals surface area contributed by atoms with Crippen LogP contribution in [0.4, 0.5) is 5.82 Å². The lowest BCUT2D eigenvalue weighted by Gasteiger charge is -2.06. The van der Waals surface area contributed by atoms with Crippen LogP contribution in [0, 0.1) is 11.3 Å². The van der Waals surface area contributed by atoms with Crippen molar-refractivity contribution in [2.75, 3.05) is 17.7 Å². The number of aromatic nitrogens is 2. The van der Waals surface area contributed by atoms with Crippen LogP contribution in [0.1, 0.15) is 89.5 Å². The van der Waals surface area contributed by atoms with Gasteiger partial charge >= 0.3 is 0 Å². The Kier molecular flexibility index (Phi) is 13.5. The largest absolute Gasteiger partial charge is 0.382 e. The fraction of sp³-hybridized carbons (Fsp3) is 0.750. The molecule has 146 valence electrons. The van der Waals surface area contributed by atoms with E-state index in [9.17, 15) is 0 Å². The van der Waals surface area contributed by atoms with Crippen LogP contribution in [0.3, 0.4) is 0 Å². The first kappa shape index (κ1) is 23.1. The Hall–Kier alpha value is -0.930. The fourth-order valence-electron chi connectivity index (χ4n) is 2.86. The summed E-state index contributed by atoms with van der Waals surface area (Å²) >= 11 is 3.08. The molecule has 26 heavy (non-hydrogen) atoms. The van der Waals surface area contributed by atoms with E-state index in [4.69, 9.17) is 11.0 Å². The van der Waals surface area contributed by atoms with Crippen LogP contribution in [0.2, 0.25) is 0 Å². The van der Waals surface area contributed by atoms with Crippen LogP contribution in [-0.2, 0) is 0 Å². The second kappa shape index (κ2) is 15.2. The van der Waals surface area contributed by atoms with Crippen LogP contribution in [0.25, 0.3) is 0 Å². The van der Waals surface area contributed by atoms with Gasteiger partial charge in [0, 0.05) is 5.75 Å². The minimum absolute atomic E-state index is 0.295. The number of nitriles is 1. The molecule has 6 heteroatoms. The second-order valence-electron chi connectivity index (χ2n) is 6.63. The van der Waals surface area contributed by atoms with E-state index < -0.39 is 0 Å². The van der Waals surface area contributed by atoms with Crippen molar-refractivity contribution in [3.05, 3.63) is 5.56 Å². The molecule has 0 saturated carbocycles. The quantitative estimate of drug-likeness (QED) is 0.159. The van der Waals surface area contributed by atoms with Gasteiger partial charge in [-0.3, -0.25) is 0 Å². The minimum Gasteiger partial charge on any atom is -0.382 e. The first-order valence-corrected chi connectivity index (χ1v) is 12.2. The highest BCUT2D eigenvalue weighted by Crippen LogP contribution is 2.25. The van der Waals surface area contributed by atoms with Crippen LogP contribution in [0.15, 0.2) is 10.2 Å². The van der Waals surface area contributed by atoms with E-state index in [-0.39, 0.29) is 0 Å². The summed E-state index contributed by atoms with van der Waals surface area (Å²) in [5.74, 6) is 1.31. The molecule has 1 rings (SSSR count). The summed E-state index contributed by atoms with van der Waals surface area (Å²) in [6.07, 6.45) is 18.2. The van der Waals surface area contributed by atoms with Gasteiger partial charge in [0.05, 0.1) is 0 Å². The van der Waals surface area contributed by atoms with E-state index in [0.717, 1.165) is 5.75 Å². The Balaban J connectivity index is 2.04. The van der Waals surface area contributed by atoms with E-state index >= 15 is 0 Å². The summed E-state index contributed by atoms with van der Waals surface area (Å²) in [5, 5.41) is 10.5. The molecule has 1 aromatic rings. The summed E-state index contributed by atoms with van der Waals surface area (Å²) in [6, 6.07) is 2.08. The Morgan fingerprint density at radius 1 is 0.885 bits per heavy atom. The number of nitrogen functional groups attached to an aromatic ring is 1. The van der Waals surface area contributed by atoms with Crippen LogP contribution in [0.5, 0.6) is 0 Å². The number of rotatable bonds is 15. The maximum absolute atomic E-state index is 9.09. The highest BCUT2D eigenvalue weighted by Gasteiger charge is 2.11. The predicted molar refractivity (Wildman–Crippen MR) is 115 cm³/mol. The van der Waals surface area contributed by atoms with Crippen molar-refractivity contribution in [3.8, 4) is 6.07 Å². The van der Waals surface area contributed by atoms with Gasteiger partial charge in [-0.25, -0.2) is 9.97 Å². The second-order valence-corrected chi connectivity index (χ2v) is 8.48. The lowest BCUT2D eigenvalue weighted by Crippen LogP contribution is -2.01. The van der Waals surface area contributed by atoms with E-state index in [2.05, 4.69) is 23.0 Å². The van der Waals surface area contributed by atoms with Crippen molar-refractivity contribution in [3.63, 3.8) is 0 Å². The van der Waals surface area contributed by atoms with Crippen molar-refractivity contribution in [1.82, 2.24) is 9.97 Å². The van der Waals surface area contributed by atoms with Crippen molar-refractivity contribution in [2.24, 2.45) is 0 Å². The van der Waals surface area contributed by atoms with E-state index in [1.54, 1.807) is 11.8 Å².